The van der Waals surface area contributed by atoms with Crippen LogP contribution >= 0.6 is 23.2 Å². The van der Waals surface area contributed by atoms with Crippen LogP contribution in [0.3, 0.4) is 0 Å². The minimum absolute atomic E-state index is 0.0206. The Bertz CT molecular complexity index is 663. The van der Waals surface area contributed by atoms with E-state index in [0.717, 1.165) is 0 Å². The molecule has 1 atom stereocenters. The molecule has 1 aromatic carbocycles. The van der Waals surface area contributed by atoms with Crippen molar-refractivity contribution in [1.29, 1.82) is 5.26 Å². The Morgan fingerprint density at radius 3 is 2.71 bits per heavy atom. The third-order valence-electron chi connectivity index (χ3n) is 3.73. The van der Waals surface area contributed by atoms with E-state index in [1.165, 1.54) is 7.11 Å². The first kappa shape index (κ1) is 15.7. The van der Waals surface area contributed by atoms with Crippen LogP contribution in [0.2, 0.25) is 10.0 Å². The van der Waals surface area contributed by atoms with Crippen LogP contribution in [0.15, 0.2) is 29.5 Å². The Kier molecular flexibility index (Phi) is 4.46. The molecule has 0 radical (unpaired) electrons. The molecule has 0 amide bonds. The van der Waals surface area contributed by atoms with E-state index in [1.807, 2.05) is 0 Å². The molecule has 1 aliphatic carbocycles. The van der Waals surface area contributed by atoms with Gasteiger partial charge in [-0.05, 0) is 24.1 Å². The van der Waals surface area contributed by atoms with E-state index >= 15 is 0 Å². The first-order chi connectivity index (χ1) is 9.93. The normalized spacial score (nSPS) is 21.8. The van der Waals surface area contributed by atoms with Crippen LogP contribution in [0, 0.1) is 11.3 Å². The zero-order valence-corrected chi connectivity index (χ0v) is 12.8. The molecule has 0 fully saturated rings. The first-order valence-electron chi connectivity index (χ1n) is 6.29. The van der Waals surface area contributed by atoms with E-state index in [2.05, 4.69) is 10.8 Å². The summed E-state index contributed by atoms with van der Waals surface area (Å²) >= 11 is 11.9. The Balaban J connectivity index is 2.47. The lowest BCUT2D eigenvalue weighted by Gasteiger charge is -2.32. The van der Waals surface area contributed by atoms with E-state index in [-0.39, 0.29) is 24.2 Å². The van der Waals surface area contributed by atoms with Gasteiger partial charge in [0.15, 0.2) is 0 Å². The smallest absolute Gasteiger partial charge is 0.337 e. The lowest BCUT2D eigenvalue weighted by atomic mass is 9.70. The molecule has 6 heteroatoms. The third kappa shape index (κ3) is 2.85. The zero-order chi connectivity index (χ0) is 15.6. The average molecular weight is 326 g/mol. The Labute approximate surface area is 132 Å². The second kappa shape index (κ2) is 5.97. The molecule has 0 saturated carbocycles. The first-order valence-corrected chi connectivity index (χ1v) is 7.05. The fraction of sp³-hybridized carbons (Fsp3) is 0.333. The van der Waals surface area contributed by atoms with Crippen molar-refractivity contribution in [3.63, 3.8) is 0 Å². The highest BCUT2D eigenvalue weighted by Crippen LogP contribution is 2.42. The topological polar surface area (TPSA) is 70.3 Å². The van der Waals surface area contributed by atoms with Crippen LogP contribution in [0.5, 0.6) is 0 Å². The van der Waals surface area contributed by atoms with Crippen molar-refractivity contribution in [2.24, 2.45) is 0 Å². The van der Waals surface area contributed by atoms with Gasteiger partial charge in [-0.3, -0.25) is 0 Å². The maximum atomic E-state index is 11.7. The number of benzene rings is 1. The van der Waals surface area contributed by atoms with Crippen molar-refractivity contribution in [1.82, 2.24) is 0 Å². The molecular formula is C15H13Cl2NO3. The minimum Gasteiger partial charge on any atom is -0.512 e. The summed E-state index contributed by atoms with van der Waals surface area (Å²) in [6.07, 6.45) is 0.714. The lowest BCUT2D eigenvalue weighted by molar-refractivity contribution is -0.136. The Hall–Kier alpha value is -1.70. The maximum Gasteiger partial charge on any atom is 0.337 e. The highest BCUT2D eigenvalue weighted by Gasteiger charge is 2.40. The molecule has 1 unspecified atom stereocenters. The molecule has 0 aliphatic heterocycles. The molecule has 0 bridgehead atoms. The summed E-state index contributed by atoms with van der Waals surface area (Å²) in [6, 6.07) is 7.22. The number of carbonyl (C=O) groups is 1. The molecule has 2 rings (SSSR count). The Morgan fingerprint density at radius 1 is 1.43 bits per heavy atom. The monoisotopic (exact) mass is 325 g/mol. The second-order valence-corrected chi connectivity index (χ2v) is 5.73. The minimum atomic E-state index is -0.927. The van der Waals surface area contributed by atoms with Gasteiger partial charge in [-0.2, -0.15) is 5.26 Å². The van der Waals surface area contributed by atoms with Crippen LogP contribution in [0.4, 0.5) is 0 Å². The number of esters is 1. The SMILES string of the molecule is COC(=O)C1=C(O)CCC(C#N)(c2ccc(Cl)c(Cl)c2)C1. The van der Waals surface area contributed by atoms with Crippen molar-refractivity contribution < 1.29 is 14.6 Å². The highest BCUT2D eigenvalue weighted by atomic mass is 35.5. The van der Waals surface area contributed by atoms with E-state index in [4.69, 9.17) is 23.2 Å². The molecule has 1 aromatic rings. The quantitative estimate of drug-likeness (QED) is 0.836. The lowest BCUT2D eigenvalue weighted by Crippen LogP contribution is -2.31. The number of aliphatic hydroxyl groups is 1. The van der Waals surface area contributed by atoms with E-state index < -0.39 is 11.4 Å². The van der Waals surface area contributed by atoms with Gasteiger partial charge < -0.3 is 9.84 Å². The van der Waals surface area contributed by atoms with E-state index in [0.29, 0.717) is 22.0 Å². The summed E-state index contributed by atoms with van der Waals surface area (Å²) in [5, 5.41) is 20.2. The standard InChI is InChI=1S/C15H13Cl2NO3/c1-21-14(20)10-7-15(8-18,5-4-13(10)19)9-2-3-11(16)12(17)6-9/h2-3,6,19H,4-5,7H2,1H3. The number of ether oxygens (including phenoxy) is 1. The summed E-state index contributed by atoms with van der Waals surface area (Å²) in [6.45, 7) is 0. The number of methoxy groups -OCH3 is 1. The number of hydrogen-bond donors (Lipinski definition) is 1. The van der Waals surface area contributed by atoms with Gasteiger partial charge >= 0.3 is 5.97 Å². The molecule has 110 valence electrons. The predicted octanol–water partition coefficient (Wildman–Crippen LogP) is 3.92. The van der Waals surface area contributed by atoms with Crippen molar-refractivity contribution >= 4 is 29.2 Å². The summed E-state index contributed by atoms with van der Waals surface area (Å²) in [5.74, 6) is -0.639. The molecule has 21 heavy (non-hydrogen) atoms. The van der Waals surface area contributed by atoms with Gasteiger partial charge in [0.1, 0.15) is 5.76 Å². The number of carbonyl (C=O) groups excluding carboxylic acids is 1. The van der Waals surface area contributed by atoms with Crippen LogP contribution in [0.1, 0.15) is 24.8 Å². The van der Waals surface area contributed by atoms with Crippen molar-refractivity contribution in [2.45, 2.75) is 24.7 Å². The van der Waals surface area contributed by atoms with Gasteiger partial charge in [0.2, 0.25) is 0 Å². The summed E-state index contributed by atoms with van der Waals surface area (Å²) in [7, 11) is 1.24. The van der Waals surface area contributed by atoms with Gasteiger partial charge in [0.05, 0.1) is 34.2 Å². The van der Waals surface area contributed by atoms with E-state index in [1.54, 1.807) is 18.2 Å². The highest BCUT2D eigenvalue weighted by molar-refractivity contribution is 6.42. The number of nitriles is 1. The predicted molar refractivity (Wildman–Crippen MR) is 79.3 cm³/mol. The average Bonchev–Trinajstić information content (AvgIpc) is 2.50. The van der Waals surface area contributed by atoms with Gasteiger partial charge in [0, 0.05) is 12.8 Å². The fourth-order valence-corrected chi connectivity index (χ4v) is 2.79. The number of aliphatic hydroxyl groups excluding tert-OH is 1. The number of nitrogens with zero attached hydrogens (tertiary/aromatic N) is 1. The van der Waals surface area contributed by atoms with Gasteiger partial charge in [0.25, 0.3) is 0 Å². The van der Waals surface area contributed by atoms with Crippen molar-refractivity contribution in [3.05, 3.63) is 45.1 Å². The molecule has 1 aliphatic rings. The maximum absolute atomic E-state index is 11.7. The molecule has 0 aromatic heterocycles. The zero-order valence-electron chi connectivity index (χ0n) is 11.3. The van der Waals surface area contributed by atoms with Crippen LogP contribution in [-0.4, -0.2) is 18.2 Å². The van der Waals surface area contributed by atoms with Crippen molar-refractivity contribution in [2.75, 3.05) is 7.11 Å². The molecule has 0 saturated heterocycles. The molecular weight excluding hydrogens is 313 g/mol. The summed E-state index contributed by atoms with van der Waals surface area (Å²) in [5.41, 5.74) is -0.117. The van der Waals surface area contributed by atoms with Crippen LogP contribution in [-0.2, 0) is 14.9 Å². The van der Waals surface area contributed by atoms with Gasteiger partial charge in [-0.1, -0.05) is 29.3 Å². The van der Waals surface area contributed by atoms with Gasteiger partial charge in [-0.15, -0.1) is 0 Å². The second-order valence-electron chi connectivity index (χ2n) is 4.92. The molecule has 0 heterocycles. The molecule has 0 spiro atoms. The number of allylic oxidation sites excluding steroid dienone is 1. The fourth-order valence-electron chi connectivity index (χ4n) is 2.49. The van der Waals surface area contributed by atoms with Crippen LogP contribution in [0.25, 0.3) is 0 Å². The number of hydrogen-bond acceptors (Lipinski definition) is 4. The molecule has 1 N–H and O–H groups in total. The Morgan fingerprint density at radius 2 is 2.14 bits per heavy atom. The van der Waals surface area contributed by atoms with Crippen LogP contribution < -0.4 is 0 Å². The number of halogens is 2. The van der Waals surface area contributed by atoms with Crippen molar-refractivity contribution in [3.8, 4) is 6.07 Å². The number of rotatable bonds is 2. The molecule has 4 nitrogen and oxygen atoms in total. The van der Waals surface area contributed by atoms with Gasteiger partial charge in [-0.25, -0.2) is 4.79 Å². The summed E-state index contributed by atoms with van der Waals surface area (Å²) in [4.78, 5) is 11.7. The third-order valence-corrected chi connectivity index (χ3v) is 4.47. The van der Waals surface area contributed by atoms with E-state index in [9.17, 15) is 15.2 Å². The summed E-state index contributed by atoms with van der Waals surface area (Å²) < 4.78 is 4.66. The largest absolute Gasteiger partial charge is 0.512 e.